The fourth-order valence-corrected chi connectivity index (χ4v) is 3.25. The van der Waals surface area contributed by atoms with Gasteiger partial charge in [-0.3, -0.25) is 14.4 Å². The largest absolute Gasteiger partial charge is 0.497 e. The zero-order chi connectivity index (χ0) is 20.3. The van der Waals surface area contributed by atoms with Crippen LogP contribution in [0.25, 0.3) is 0 Å². The van der Waals surface area contributed by atoms with Crippen molar-refractivity contribution in [3.63, 3.8) is 0 Å². The minimum absolute atomic E-state index is 0.243. The van der Waals surface area contributed by atoms with Crippen LogP contribution in [0.1, 0.15) is 51.0 Å². The SMILES string of the molecule is COc1cccc(C(=O)NCC(=O)OCC(=O)c2cc(C)n(C3CC3)c2C)c1. The van der Waals surface area contributed by atoms with Crippen LogP contribution in [-0.4, -0.2) is 42.5 Å². The van der Waals surface area contributed by atoms with Crippen LogP contribution in [0, 0.1) is 13.8 Å². The van der Waals surface area contributed by atoms with Gasteiger partial charge in [0.05, 0.1) is 7.11 Å². The van der Waals surface area contributed by atoms with Crippen LogP contribution in [-0.2, 0) is 9.53 Å². The molecule has 1 aromatic heterocycles. The van der Waals surface area contributed by atoms with Gasteiger partial charge in [0.25, 0.3) is 5.91 Å². The molecular formula is C21H24N2O5. The number of nitrogens with zero attached hydrogens (tertiary/aromatic N) is 1. The maximum atomic E-state index is 12.4. The van der Waals surface area contributed by atoms with Crippen LogP contribution >= 0.6 is 0 Å². The van der Waals surface area contributed by atoms with Crippen molar-refractivity contribution in [1.29, 1.82) is 0 Å². The van der Waals surface area contributed by atoms with Gasteiger partial charge >= 0.3 is 5.97 Å². The molecule has 1 heterocycles. The zero-order valence-corrected chi connectivity index (χ0v) is 16.3. The molecule has 148 valence electrons. The van der Waals surface area contributed by atoms with E-state index < -0.39 is 11.9 Å². The number of aromatic nitrogens is 1. The quantitative estimate of drug-likeness (QED) is 0.558. The molecule has 28 heavy (non-hydrogen) atoms. The topological polar surface area (TPSA) is 86.6 Å². The number of carbonyl (C=O) groups is 3. The maximum Gasteiger partial charge on any atom is 0.325 e. The molecule has 0 saturated heterocycles. The Labute approximate surface area is 163 Å². The predicted molar refractivity (Wildman–Crippen MR) is 103 cm³/mol. The van der Waals surface area contributed by atoms with Gasteiger partial charge in [0.2, 0.25) is 5.78 Å². The Kier molecular flexibility index (Phi) is 5.82. The number of rotatable bonds is 8. The fourth-order valence-electron chi connectivity index (χ4n) is 3.25. The van der Waals surface area contributed by atoms with E-state index in [1.807, 2.05) is 19.9 Å². The first kappa shape index (κ1) is 19.7. The van der Waals surface area contributed by atoms with E-state index in [-0.39, 0.29) is 18.9 Å². The third-order valence-electron chi connectivity index (χ3n) is 4.79. The maximum absolute atomic E-state index is 12.4. The predicted octanol–water partition coefficient (Wildman–Crippen LogP) is 2.60. The van der Waals surface area contributed by atoms with Crippen LogP contribution in [0.15, 0.2) is 30.3 Å². The number of aryl methyl sites for hydroxylation is 1. The van der Waals surface area contributed by atoms with Gasteiger partial charge in [0.1, 0.15) is 12.3 Å². The highest BCUT2D eigenvalue weighted by molar-refractivity contribution is 6.00. The fraction of sp³-hybridized carbons (Fsp3) is 0.381. The van der Waals surface area contributed by atoms with Crippen LogP contribution in [0.5, 0.6) is 5.75 Å². The van der Waals surface area contributed by atoms with E-state index >= 15 is 0 Å². The second-order valence-electron chi connectivity index (χ2n) is 6.88. The Hall–Kier alpha value is -3.09. The standard InChI is InChI=1S/C21H24N2O5/c1-13-9-18(14(2)23(13)16-7-8-16)19(24)12-28-20(25)11-22-21(26)15-5-4-6-17(10-15)27-3/h4-6,9-10,16H,7-8,11-12H2,1-3H3,(H,22,26). The number of nitrogens with one attached hydrogen (secondary N) is 1. The molecule has 0 bridgehead atoms. The summed E-state index contributed by atoms with van der Waals surface area (Å²) in [7, 11) is 1.51. The molecule has 7 nitrogen and oxygen atoms in total. The second-order valence-corrected chi connectivity index (χ2v) is 6.88. The molecule has 1 amide bonds. The summed E-state index contributed by atoms with van der Waals surface area (Å²) in [5.74, 6) is -0.784. The van der Waals surface area contributed by atoms with Crippen LogP contribution in [0.3, 0.4) is 0 Å². The van der Waals surface area contributed by atoms with Crippen molar-refractivity contribution < 1.29 is 23.9 Å². The minimum Gasteiger partial charge on any atom is -0.497 e. The lowest BCUT2D eigenvalue weighted by atomic mass is 10.1. The molecule has 0 radical (unpaired) electrons. The Morgan fingerprint density at radius 1 is 1.18 bits per heavy atom. The van der Waals surface area contributed by atoms with Crippen molar-refractivity contribution in [2.45, 2.75) is 32.7 Å². The van der Waals surface area contributed by atoms with Crippen molar-refractivity contribution in [1.82, 2.24) is 9.88 Å². The summed E-state index contributed by atoms with van der Waals surface area (Å²) in [6.45, 7) is 3.23. The number of esters is 1. The highest BCUT2D eigenvalue weighted by atomic mass is 16.5. The summed E-state index contributed by atoms with van der Waals surface area (Å²) < 4.78 is 12.3. The number of carbonyl (C=O) groups excluding carboxylic acids is 3. The van der Waals surface area contributed by atoms with Crippen molar-refractivity contribution >= 4 is 17.7 Å². The lowest BCUT2D eigenvalue weighted by Crippen LogP contribution is -2.31. The van der Waals surface area contributed by atoms with Gasteiger partial charge < -0.3 is 19.4 Å². The van der Waals surface area contributed by atoms with Crippen molar-refractivity contribution in [2.24, 2.45) is 0 Å². The lowest BCUT2D eigenvalue weighted by molar-refractivity contribution is -0.141. The number of hydrogen-bond donors (Lipinski definition) is 1. The van der Waals surface area contributed by atoms with Gasteiger partial charge in [-0.15, -0.1) is 0 Å². The van der Waals surface area contributed by atoms with Crippen LogP contribution in [0.2, 0.25) is 0 Å². The van der Waals surface area contributed by atoms with E-state index in [1.54, 1.807) is 24.3 Å². The summed E-state index contributed by atoms with van der Waals surface area (Å²) in [6.07, 6.45) is 2.26. The first-order valence-corrected chi connectivity index (χ1v) is 9.20. The Bertz CT molecular complexity index is 912. The molecule has 3 rings (SSSR count). The summed E-state index contributed by atoms with van der Waals surface area (Å²) in [5, 5.41) is 2.48. The smallest absolute Gasteiger partial charge is 0.325 e. The second kappa shape index (κ2) is 8.29. The van der Waals surface area contributed by atoms with Gasteiger partial charge in [0.15, 0.2) is 6.61 Å². The molecule has 1 aliphatic rings. The highest BCUT2D eigenvalue weighted by Gasteiger charge is 2.28. The van der Waals surface area contributed by atoms with Gasteiger partial charge in [-0.25, -0.2) is 0 Å². The molecule has 1 saturated carbocycles. The van der Waals surface area contributed by atoms with Crippen LogP contribution < -0.4 is 10.1 Å². The molecule has 0 unspecified atom stereocenters. The van der Waals surface area contributed by atoms with Gasteiger partial charge in [0, 0.05) is 28.6 Å². The number of Topliss-reactive ketones (excluding diaryl/α,β-unsaturated/α-hetero) is 1. The van der Waals surface area contributed by atoms with E-state index in [4.69, 9.17) is 9.47 Å². The molecule has 7 heteroatoms. The molecule has 0 spiro atoms. The van der Waals surface area contributed by atoms with Gasteiger partial charge in [-0.2, -0.15) is 0 Å². The molecule has 0 atom stereocenters. The molecule has 2 aromatic rings. The van der Waals surface area contributed by atoms with Crippen molar-refractivity contribution in [2.75, 3.05) is 20.3 Å². The molecule has 1 fully saturated rings. The molecule has 1 N–H and O–H groups in total. The minimum atomic E-state index is -0.666. The Balaban J connectivity index is 1.49. The normalized spacial score (nSPS) is 13.1. The zero-order valence-electron chi connectivity index (χ0n) is 16.3. The third-order valence-corrected chi connectivity index (χ3v) is 4.79. The summed E-state index contributed by atoms with van der Waals surface area (Å²) >= 11 is 0. The van der Waals surface area contributed by atoms with Crippen molar-refractivity contribution in [3.8, 4) is 5.75 Å². The van der Waals surface area contributed by atoms with E-state index in [0.29, 0.717) is 22.9 Å². The first-order chi connectivity index (χ1) is 13.4. The summed E-state index contributed by atoms with van der Waals surface area (Å²) in [4.78, 5) is 36.4. The van der Waals surface area contributed by atoms with Gasteiger partial charge in [-0.1, -0.05) is 6.07 Å². The first-order valence-electron chi connectivity index (χ1n) is 9.20. The van der Waals surface area contributed by atoms with E-state index in [1.165, 1.54) is 7.11 Å². The average Bonchev–Trinajstić information content (AvgIpc) is 3.48. The monoisotopic (exact) mass is 384 g/mol. The number of hydrogen-bond acceptors (Lipinski definition) is 5. The average molecular weight is 384 g/mol. The number of ketones is 1. The van der Waals surface area contributed by atoms with Crippen LogP contribution in [0.4, 0.5) is 0 Å². The molecule has 0 aliphatic heterocycles. The Morgan fingerprint density at radius 2 is 1.93 bits per heavy atom. The number of methoxy groups -OCH3 is 1. The number of amides is 1. The van der Waals surface area contributed by atoms with Gasteiger partial charge in [-0.05, 0) is 51.0 Å². The Morgan fingerprint density at radius 3 is 2.61 bits per heavy atom. The van der Waals surface area contributed by atoms with Crippen molar-refractivity contribution in [3.05, 3.63) is 52.8 Å². The number of benzene rings is 1. The molecule has 1 aliphatic carbocycles. The van der Waals surface area contributed by atoms with E-state index in [9.17, 15) is 14.4 Å². The summed E-state index contributed by atoms with van der Waals surface area (Å²) in [6, 6.07) is 8.91. The molecule has 1 aromatic carbocycles. The third kappa shape index (κ3) is 4.42. The van der Waals surface area contributed by atoms with E-state index in [2.05, 4.69) is 9.88 Å². The molecular weight excluding hydrogens is 360 g/mol. The van der Waals surface area contributed by atoms with E-state index in [0.717, 1.165) is 24.2 Å². The summed E-state index contributed by atoms with van der Waals surface area (Å²) in [5.41, 5.74) is 2.90. The highest BCUT2D eigenvalue weighted by Crippen LogP contribution is 2.38. The lowest BCUT2D eigenvalue weighted by Gasteiger charge is -2.08. The number of ether oxygens (including phenoxy) is 2.